The molecule has 0 spiro atoms. The zero-order valence-corrected chi connectivity index (χ0v) is 15.3. The molecule has 26 heavy (non-hydrogen) atoms. The van der Waals surface area contributed by atoms with Crippen LogP contribution < -0.4 is 5.32 Å². The van der Waals surface area contributed by atoms with Gasteiger partial charge in [-0.2, -0.15) is 10.2 Å². The zero-order valence-electron chi connectivity index (χ0n) is 15.3. The number of aromatic nitrogens is 4. The van der Waals surface area contributed by atoms with Crippen molar-refractivity contribution in [1.82, 2.24) is 25.3 Å². The van der Waals surface area contributed by atoms with Crippen LogP contribution in [0, 0.1) is 20.8 Å². The van der Waals surface area contributed by atoms with Gasteiger partial charge in [0.05, 0.1) is 17.9 Å². The number of hydrogen-bond acceptors (Lipinski definition) is 3. The molecule has 1 aromatic carbocycles. The summed E-state index contributed by atoms with van der Waals surface area (Å²) in [7, 11) is 0. The molecule has 6 heteroatoms. The van der Waals surface area contributed by atoms with Crippen molar-refractivity contribution in [2.45, 2.75) is 46.1 Å². The number of nitrogens with zero attached hydrogens (tertiary/aromatic N) is 3. The highest BCUT2D eigenvalue weighted by molar-refractivity contribution is 5.92. The normalized spacial score (nSPS) is 16.3. The molecule has 0 saturated carbocycles. The molecule has 1 amide bonds. The Morgan fingerprint density at radius 1 is 1.31 bits per heavy atom. The van der Waals surface area contributed by atoms with Crippen molar-refractivity contribution in [3.63, 3.8) is 0 Å². The molecule has 2 N–H and O–H groups in total. The van der Waals surface area contributed by atoms with Gasteiger partial charge in [0.15, 0.2) is 0 Å². The van der Waals surface area contributed by atoms with Crippen LogP contribution in [0.3, 0.4) is 0 Å². The average molecular weight is 349 g/mol. The number of carbonyl (C=O) groups is 1. The van der Waals surface area contributed by atoms with Gasteiger partial charge in [-0.05, 0) is 63.3 Å². The Labute approximate surface area is 152 Å². The summed E-state index contributed by atoms with van der Waals surface area (Å²) in [5.41, 5.74) is 7.20. The Bertz CT molecular complexity index is 968. The highest BCUT2D eigenvalue weighted by atomic mass is 16.2. The predicted octanol–water partition coefficient (Wildman–Crippen LogP) is 3.33. The molecule has 2 heterocycles. The third-order valence-electron chi connectivity index (χ3n) is 5.23. The van der Waals surface area contributed by atoms with E-state index in [9.17, 15) is 4.79 Å². The van der Waals surface area contributed by atoms with Crippen molar-refractivity contribution in [2.24, 2.45) is 0 Å². The summed E-state index contributed by atoms with van der Waals surface area (Å²) in [6, 6.07) is 8.02. The van der Waals surface area contributed by atoms with Gasteiger partial charge in [0.25, 0.3) is 5.91 Å². The van der Waals surface area contributed by atoms with Crippen molar-refractivity contribution in [3.05, 3.63) is 64.2 Å². The fourth-order valence-corrected chi connectivity index (χ4v) is 3.65. The summed E-state index contributed by atoms with van der Waals surface area (Å²) in [5.74, 6) is -0.147. The second-order valence-corrected chi connectivity index (χ2v) is 7.03. The number of amides is 1. The van der Waals surface area contributed by atoms with Gasteiger partial charge in [-0.15, -0.1) is 0 Å². The molecule has 0 unspecified atom stereocenters. The number of benzene rings is 1. The van der Waals surface area contributed by atoms with E-state index in [0.717, 1.165) is 36.2 Å². The molecule has 134 valence electrons. The molecular formula is C20H23N5O. The van der Waals surface area contributed by atoms with E-state index in [0.29, 0.717) is 5.69 Å². The minimum absolute atomic E-state index is 0.0258. The first-order valence-electron chi connectivity index (χ1n) is 9.01. The van der Waals surface area contributed by atoms with Gasteiger partial charge < -0.3 is 5.32 Å². The number of fused-ring (bicyclic) bond motifs is 1. The first-order chi connectivity index (χ1) is 12.5. The van der Waals surface area contributed by atoms with Crippen molar-refractivity contribution in [2.75, 3.05) is 0 Å². The molecule has 0 saturated heterocycles. The zero-order chi connectivity index (χ0) is 18.3. The predicted molar refractivity (Wildman–Crippen MR) is 99.5 cm³/mol. The molecule has 1 aliphatic carbocycles. The van der Waals surface area contributed by atoms with Gasteiger partial charge in [-0.1, -0.05) is 12.1 Å². The number of nitrogens with one attached hydrogen (secondary N) is 2. The van der Waals surface area contributed by atoms with E-state index >= 15 is 0 Å². The topological polar surface area (TPSA) is 75.6 Å². The highest BCUT2D eigenvalue weighted by Crippen LogP contribution is 2.32. The standard InChI is InChI=1S/C20H23N5O/c1-12-6-4-8-18(14(12)3)25-19-9-5-7-16(15(19)11-21-25)22-20(26)17-10-13(2)23-24-17/h4,6,8,10-11,16H,5,7,9H2,1-3H3,(H,22,26)(H,23,24)/t16-/m1/s1. The van der Waals surface area contributed by atoms with Crippen LogP contribution in [-0.2, 0) is 6.42 Å². The van der Waals surface area contributed by atoms with Gasteiger partial charge in [-0.3, -0.25) is 9.89 Å². The first-order valence-corrected chi connectivity index (χ1v) is 9.01. The van der Waals surface area contributed by atoms with E-state index in [1.807, 2.05) is 17.8 Å². The van der Waals surface area contributed by atoms with Crippen molar-refractivity contribution in [1.29, 1.82) is 0 Å². The Balaban J connectivity index is 1.65. The third kappa shape index (κ3) is 2.81. The SMILES string of the molecule is Cc1cc(C(=O)N[C@@H]2CCCc3c2cnn3-c2cccc(C)c2C)n[nH]1. The quantitative estimate of drug-likeness (QED) is 0.761. The van der Waals surface area contributed by atoms with Crippen LogP contribution >= 0.6 is 0 Å². The largest absolute Gasteiger partial charge is 0.344 e. The van der Waals surface area contributed by atoms with Crippen LogP contribution in [0.4, 0.5) is 0 Å². The highest BCUT2D eigenvalue weighted by Gasteiger charge is 2.27. The number of H-pyrrole nitrogens is 1. The summed E-state index contributed by atoms with van der Waals surface area (Å²) >= 11 is 0. The van der Waals surface area contributed by atoms with E-state index in [4.69, 9.17) is 0 Å². The second kappa shape index (κ2) is 6.44. The number of aryl methyl sites for hydroxylation is 2. The lowest BCUT2D eigenvalue weighted by Crippen LogP contribution is -2.31. The fraction of sp³-hybridized carbons (Fsp3) is 0.350. The van der Waals surface area contributed by atoms with Crippen LogP contribution in [0.5, 0.6) is 0 Å². The van der Waals surface area contributed by atoms with Crippen LogP contribution in [0.25, 0.3) is 5.69 Å². The van der Waals surface area contributed by atoms with Crippen molar-refractivity contribution in [3.8, 4) is 5.69 Å². The molecule has 2 aromatic heterocycles. The van der Waals surface area contributed by atoms with E-state index in [2.05, 4.69) is 52.7 Å². The number of hydrogen-bond donors (Lipinski definition) is 2. The Kier molecular flexibility index (Phi) is 4.11. The Morgan fingerprint density at radius 3 is 2.92 bits per heavy atom. The maximum atomic E-state index is 12.5. The molecule has 1 atom stereocenters. The van der Waals surface area contributed by atoms with Gasteiger partial charge in [-0.25, -0.2) is 4.68 Å². The maximum Gasteiger partial charge on any atom is 0.272 e. The van der Waals surface area contributed by atoms with Crippen LogP contribution in [0.2, 0.25) is 0 Å². The second-order valence-electron chi connectivity index (χ2n) is 7.03. The summed E-state index contributed by atoms with van der Waals surface area (Å²) in [4.78, 5) is 12.5. The van der Waals surface area contributed by atoms with Gasteiger partial charge in [0.1, 0.15) is 5.69 Å². The molecule has 4 rings (SSSR count). The minimum Gasteiger partial charge on any atom is -0.344 e. The molecule has 1 aliphatic rings. The van der Waals surface area contributed by atoms with Gasteiger partial charge >= 0.3 is 0 Å². The smallest absolute Gasteiger partial charge is 0.272 e. The minimum atomic E-state index is -0.147. The average Bonchev–Trinajstić information content (AvgIpc) is 3.24. The molecule has 0 bridgehead atoms. The monoisotopic (exact) mass is 349 g/mol. The maximum absolute atomic E-state index is 12.5. The van der Waals surface area contributed by atoms with E-state index in [-0.39, 0.29) is 11.9 Å². The van der Waals surface area contributed by atoms with Crippen LogP contribution in [0.1, 0.15) is 57.5 Å². The molecule has 0 aliphatic heterocycles. The third-order valence-corrected chi connectivity index (χ3v) is 5.23. The summed E-state index contributed by atoms with van der Waals surface area (Å²) < 4.78 is 2.04. The summed E-state index contributed by atoms with van der Waals surface area (Å²) in [6.07, 6.45) is 4.81. The van der Waals surface area contributed by atoms with E-state index in [1.165, 1.54) is 16.8 Å². The van der Waals surface area contributed by atoms with Crippen molar-refractivity contribution < 1.29 is 4.79 Å². The fourth-order valence-electron chi connectivity index (χ4n) is 3.65. The molecule has 3 aromatic rings. The van der Waals surface area contributed by atoms with Gasteiger partial charge in [0.2, 0.25) is 0 Å². The number of carbonyl (C=O) groups excluding carboxylic acids is 1. The number of aromatic amines is 1. The molecule has 0 radical (unpaired) electrons. The lowest BCUT2D eigenvalue weighted by atomic mass is 9.92. The lowest BCUT2D eigenvalue weighted by Gasteiger charge is -2.24. The van der Waals surface area contributed by atoms with Crippen LogP contribution in [0.15, 0.2) is 30.5 Å². The number of rotatable bonds is 3. The summed E-state index contributed by atoms with van der Waals surface area (Å²) in [5, 5.41) is 14.6. The first kappa shape index (κ1) is 16.6. The van der Waals surface area contributed by atoms with Crippen LogP contribution in [-0.4, -0.2) is 25.9 Å². The van der Waals surface area contributed by atoms with E-state index < -0.39 is 0 Å². The molecule has 0 fully saturated rings. The summed E-state index contributed by atoms with van der Waals surface area (Å²) in [6.45, 7) is 6.13. The van der Waals surface area contributed by atoms with Gasteiger partial charge in [0, 0.05) is 17.0 Å². The molecule has 6 nitrogen and oxygen atoms in total. The molecular weight excluding hydrogens is 326 g/mol. The Hall–Kier alpha value is -2.89. The Morgan fingerprint density at radius 2 is 2.15 bits per heavy atom. The lowest BCUT2D eigenvalue weighted by molar-refractivity contribution is 0.0927. The van der Waals surface area contributed by atoms with Crippen molar-refractivity contribution >= 4 is 5.91 Å². The van der Waals surface area contributed by atoms with E-state index in [1.54, 1.807) is 6.07 Å².